The highest BCUT2D eigenvalue weighted by Gasteiger charge is 2.36. The zero-order chi connectivity index (χ0) is 28.2. The van der Waals surface area contributed by atoms with Crippen LogP contribution in [-0.4, -0.2) is 92.2 Å². The fraction of sp³-hybridized carbons (Fsp3) is 0.516. The summed E-state index contributed by atoms with van der Waals surface area (Å²) in [5, 5.41) is 6.42. The molecule has 218 valence electrons. The van der Waals surface area contributed by atoms with Crippen LogP contribution < -0.4 is 14.2 Å². The first-order valence-corrected chi connectivity index (χ1v) is 14.6. The van der Waals surface area contributed by atoms with Crippen LogP contribution in [0.3, 0.4) is 0 Å². The van der Waals surface area contributed by atoms with Crippen LogP contribution in [-0.2, 0) is 14.3 Å². The maximum absolute atomic E-state index is 14.0. The first-order valence-electron chi connectivity index (χ1n) is 14.6. The second-order valence-electron chi connectivity index (χ2n) is 11.0. The first-order chi connectivity index (χ1) is 20.1. The summed E-state index contributed by atoms with van der Waals surface area (Å²) in [6, 6.07) is 13.2. The molecule has 10 nitrogen and oxygen atoms in total. The topological polar surface area (TPSA) is 93.1 Å². The van der Waals surface area contributed by atoms with Crippen molar-refractivity contribution in [2.45, 2.75) is 38.1 Å². The summed E-state index contributed by atoms with van der Waals surface area (Å²) >= 11 is 0. The Labute approximate surface area is 240 Å². The highest BCUT2D eigenvalue weighted by molar-refractivity contribution is 6.03. The average Bonchev–Trinajstić information content (AvgIpc) is 3.80. The molecule has 0 N–H and O–H groups in total. The smallest absolute Gasteiger partial charge is 0.262 e. The van der Waals surface area contributed by atoms with E-state index in [9.17, 15) is 9.59 Å². The van der Waals surface area contributed by atoms with E-state index < -0.39 is 0 Å². The van der Waals surface area contributed by atoms with Gasteiger partial charge in [0.2, 0.25) is 12.7 Å². The van der Waals surface area contributed by atoms with Crippen LogP contribution >= 0.6 is 0 Å². The summed E-state index contributed by atoms with van der Waals surface area (Å²) in [5.41, 5.74) is 2.65. The van der Waals surface area contributed by atoms with E-state index in [1.807, 2.05) is 42.5 Å². The number of hydrogen-bond donors (Lipinski definition) is 0. The molecule has 41 heavy (non-hydrogen) atoms. The van der Waals surface area contributed by atoms with E-state index in [1.54, 1.807) is 17.0 Å². The van der Waals surface area contributed by atoms with Crippen molar-refractivity contribution >= 4 is 17.5 Å². The van der Waals surface area contributed by atoms with Crippen molar-refractivity contribution in [1.29, 1.82) is 0 Å². The van der Waals surface area contributed by atoms with Crippen molar-refractivity contribution in [1.82, 2.24) is 14.8 Å². The van der Waals surface area contributed by atoms with Gasteiger partial charge in [0.05, 0.1) is 32.1 Å². The maximum Gasteiger partial charge on any atom is 0.262 e. The minimum Gasteiger partial charge on any atom is -0.497 e. The fourth-order valence-corrected chi connectivity index (χ4v) is 6.10. The second-order valence-corrected chi connectivity index (χ2v) is 11.0. The lowest BCUT2D eigenvalue weighted by Gasteiger charge is -2.32. The molecule has 0 spiro atoms. The standard InChI is InChI=1S/C31H38N4O6/c1-38-25-9-6-22(7-10-25)26-19-27(24-8-11-28-29(18-24)41-21-40-28)35(32-26)30(36)20-34(31(37)23-4-2-3-5-23)13-12-33-14-16-39-17-15-33/h6-11,18,23,27H,2-5,12-17,19-21H2,1H3/t27-/m1/s1. The predicted octanol–water partition coefficient (Wildman–Crippen LogP) is 3.45. The molecule has 4 aliphatic rings. The third kappa shape index (κ3) is 6.18. The molecule has 0 bridgehead atoms. The Morgan fingerprint density at radius 1 is 1.02 bits per heavy atom. The Kier molecular flexibility index (Phi) is 8.38. The van der Waals surface area contributed by atoms with E-state index in [0.29, 0.717) is 37.7 Å². The van der Waals surface area contributed by atoms with Crippen LogP contribution in [0.4, 0.5) is 0 Å². The number of rotatable bonds is 9. The van der Waals surface area contributed by atoms with Gasteiger partial charge in [-0.15, -0.1) is 0 Å². The number of methoxy groups -OCH3 is 1. The highest BCUT2D eigenvalue weighted by Crippen LogP contribution is 2.39. The summed E-state index contributed by atoms with van der Waals surface area (Å²) in [4.78, 5) is 31.7. The lowest BCUT2D eigenvalue weighted by Crippen LogP contribution is -2.47. The van der Waals surface area contributed by atoms with Gasteiger partial charge in [-0.2, -0.15) is 5.10 Å². The second kappa shape index (κ2) is 12.5. The van der Waals surface area contributed by atoms with Gasteiger partial charge in [-0.3, -0.25) is 14.5 Å². The summed E-state index contributed by atoms with van der Waals surface area (Å²) in [7, 11) is 1.63. The molecule has 0 radical (unpaired) electrons. The molecular weight excluding hydrogens is 524 g/mol. The van der Waals surface area contributed by atoms with Crippen LogP contribution in [0.25, 0.3) is 0 Å². The number of hydrazone groups is 1. The molecule has 2 amide bonds. The molecule has 1 atom stereocenters. The quantitative estimate of drug-likeness (QED) is 0.462. The van der Waals surface area contributed by atoms with Gasteiger partial charge in [-0.25, -0.2) is 5.01 Å². The molecule has 0 aromatic heterocycles. The van der Waals surface area contributed by atoms with Crippen LogP contribution in [0.1, 0.15) is 49.3 Å². The van der Waals surface area contributed by atoms with Gasteiger partial charge in [0.15, 0.2) is 11.5 Å². The molecule has 1 saturated carbocycles. The number of carbonyl (C=O) groups excluding carboxylic acids is 2. The van der Waals surface area contributed by atoms with Crippen molar-refractivity contribution in [3.05, 3.63) is 53.6 Å². The summed E-state index contributed by atoms with van der Waals surface area (Å²) in [5.74, 6) is 2.00. The summed E-state index contributed by atoms with van der Waals surface area (Å²) in [6.07, 6.45) is 4.46. The van der Waals surface area contributed by atoms with Gasteiger partial charge < -0.3 is 23.8 Å². The first kappa shape index (κ1) is 27.5. The van der Waals surface area contributed by atoms with E-state index >= 15 is 0 Å². The van der Waals surface area contributed by atoms with Gasteiger partial charge in [0, 0.05) is 38.5 Å². The molecule has 1 saturated heterocycles. The Hall–Kier alpha value is -3.63. The number of fused-ring (bicyclic) bond motifs is 1. The minimum absolute atomic E-state index is 0.000117. The van der Waals surface area contributed by atoms with E-state index in [-0.39, 0.29) is 37.1 Å². The van der Waals surface area contributed by atoms with Gasteiger partial charge in [-0.05, 0) is 60.4 Å². The molecule has 2 aromatic rings. The van der Waals surface area contributed by atoms with Crippen LogP contribution in [0, 0.1) is 5.92 Å². The van der Waals surface area contributed by atoms with E-state index in [1.165, 1.54) is 0 Å². The number of nitrogens with zero attached hydrogens (tertiary/aromatic N) is 4. The monoisotopic (exact) mass is 562 g/mol. The number of hydrogen-bond acceptors (Lipinski definition) is 8. The molecule has 3 heterocycles. The third-order valence-corrected chi connectivity index (χ3v) is 8.50. The average molecular weight is 563 g/mol. The minimum atomic E-state index is -0.322. The Morgan fingerprint density at radius 2 is 1.78 bits per heavy atom. The van der Waals surface area contributed by atoms with Gasteiger partial charge in [0.25, 0.3) is 5.91 Å². The van der Waals surface area contributed by atoms with E-state index in [0.717, 1.165) is 67.9 Å². The number of benzene rings is 2. The molecule has 0 unspecified atom stereocenters. The third-order valence-electron chi connectivity index (χ3n) is 8.50. The van der Waals surface area contributed by atoms with Gasteiger partial charge in [0.1, 0.15) is 12.3 Å². The van der Waals surface area contributed by atoms with Crippen molar-refractivity contribution < 1.29 is 28.5 Å². The van der Waals surface area contributed by atoms with Crippen LogP contribution in [0.2, 0.25) is 0 Å². The Bertz CT molecular complexity index is 1270. The number of morpholine rings is 1. The van der Waals surface area contributed by atoms with Gasteiger partial charge in [-0.1, -0.05) is 18.9 Å². The molecule has 6 rings (SSSR count). The predicted molar refractivity (Wildman–Crippen MR) is 152 cm³/mol. The lowest BCUT2D eigenvalue weighted by molar-refractivity contribution is -0.144. The molecule has 2 fully saturated rings. The molecule has 1 aliphatic carbocycles. The largest absolute Gasteiger partial charge is 0.497 e. The molecular formula is C31H38N4O6. The Morgan fingerprint density at radius 3 is 2.54 bits per heavy atom. The van der Waals surface area contributed by atoms with Crippen molar-refractivity contribution in [2.75, 3.05) is 59.8 Å². The van der Waals surface area contributed by atoms with Crippen molar-refractivity contribution in [3.63, 3.8) is 0 Å². The highest BCUT2D eigenvalue weighted by atomic mass is 16.7. The summed E-state index contributed by atoms with van der Waals surface area (Å²) < 4.78 is 21.9. The normalized spacial score (nSPS) is 20.8. The number of amides is 2. The van der Waals surface area contributed by atoms with Crippen LogP contribution in [0.5, 0.6) is 17.2 Å². The van der Waals surface area contributed by atoms with Gasteiger partial charge >= 0.3 is 0 Å². The number of ether oxygens (including phenoxy) is 4. The Balaban J connectivity index is 1.25. The SMILES string of the molecule is COc1ccc(C2=NN(C(=O)CN(CCN3CCOCC3)C(=O)C3CCCC3)[C@@H](c3ccc4c(c3)OCO4)C2)cc1. The fourth-order valence-electron chi connectivity index (χ4n) is 6.10. The van der Waals surface area contributed by atoms with E-state index in [4.69, 9.17) is 24.0 Å². The van der Waals surface area contributed by atoms with Crippen molar-refractivity contribution in [3.8, 4) is 17.2 Å². The van der Waals surface area contributed by atoms with Crippen molar-refractivity contribution in [2.24, 2.45) is 11.0 Å². The number of carbonyl (C=O) groups is 2. The summed E-state index contributed by atoms with van der Waals surface area (Å²) in [6.45, 7) is 4.49. The molecule has 3 aliphatic heterocycles. The van der Waals surface area contributed by atoms with Crippen LogP contribution in [0.15, 0.2) is 47.6 Å². The molecule has 10 heteroatoms. The van der Waals surface area contributed by atoms with E-state index in [2.05, 4.69) is 4.90 Å². The zero-order valence-electron chi connectivity index (χ0n) is 23.6. The zero-order valence-corrected chi connectivity index (χ0v) is 23.6. The molecule has 2 aromatic carbocycles. The maximum atomic E-state index is 14.0. The lowest BCUT2D eigenvalue weighted by atomic mass is 9.98.